The lowest BCUT2D eigenvalue weighted by Gasteiger charge is -2.22. The fraction of sp³-hybridized carbons (Fsp3) is 0.387. The van der Waals surface area contributed by atoms with Gasteiger partial charge in [0.25, 0.3) is 0 Å². The van der Waals surface area contributed by atoms with Crippen LogP contribution in [0.1, 0.15) is 30.0 Å². The first-order valence-corrected chi connectivity index (χ1v) is 16.7. The number of benzene rings is 1. The van der Waals surface area contributed by atoms with Gasteiger partial charge in [-0.3, -0.25) is 4.57 Å². The highest BCUT2D eigenvalue weighted by Gasteiger charge is 2.28. The lowest BCUT2D eigenvalue weighted by atomic mass is 10.1. The number of pyridine rings is 2. The van der Waals surface area contributed by atoms with E-state index in [0.717, 1.165) is 72.9 Å². The Bertz CT molecular complexity index is 1720. The molecule has 0 spiro atoms. The van der Waals surface area contributed by atoms with E-state index in [0.29, 0.717) is 25.9 Å². The molecule has 1 aliphatic rings. The molecule has 1 saturated carbocycles. The molecule has 1 fully saturated rings. The minimum atomic E-state index is 0.400. The molecule has 220 valence electrons. The van der Waals surface area contributed by atoms with Crippen LogP contribution >= 0.6 is 15.9 Å². The Labute approximate surface area is 258 Å². The maximum Gasteiger partial charge on any atom is 0.164 e. The van der Waals surface area contributed by atoms with E-state index in [1.165, 1.54) is 24.6 Å². The Morgan fingerprint density at radius 1 is 1.10 bits per heavy atom. The van der Waals surface area contributed by atoms with Crippen molar-refractivity contribution in [3.8, 4) is 22.8 Å². The molecule has 0 radical (unpaired) electrons. The van der Waals surface area contributed by atoms with Gasteiger partial charge in [-0.05, 0) is 54.4 Å². The third kappa shape index (κ3) is 5.69. The molecule has 0 N–H and O–H groups in total. The van der Waals surface area contributed by atoms with Crippen molar-refractivity contribution in [1.29, 1.82) is 0 Å². The average Bonchev–Trinajstić information content (AvgIpc) is 3.68. The van der Waals surface area contributed by atoms with Gasteiger partial charge in [0.15, 0.2) is 5.65 Å². The molecule has 1 aromatic carbocycles. The summed E-state index contributed by atoms with van der Waals surface area (Å²) in [4.78, 5) is 17.1. The van der Waals surface area contributed by atoms with Gasteiger partial charge in [-0.2, -0.15) is 0 Å². The van der Waals surface area contributed by atoms with Crippen LogP contribution in [-0.2, 0) is 35.1 Å². The molecule has 4 heterocycles. The predicted octanol–water partition coefficient (Wildman–Crippen LogP) is 5.75. The molecular formula is C31H36BrN6O3S+. The first-order valence-electron chi connectivity index (χ1n) is 14.0. The third-order valence-corrected chi connectivity index (χ3v) is 8.93. The number of anilines is 1. The summed E-state index contributed by atoms with van der Waals surface area (Å²) in [5, 5.41) is 1.86. The zero-order valence-electron chi connectivity index (χ0n) is 24.4. The standard InChI is InChI=1S/C31H35BrN6O3S/c1-36(16-21-5-8-23(39-2)12-28(21)40-3)27-13-26(35-31-29(27)34-18-37(31)19-41-9-10-42-4)25-17-38(22-6-7-22)30-24(25)11-20(14-32)15-33-30/h5,8,11-13,15,17-18,22H,6-7,9-10,14,16,19H2,1-4H3/p+1. The summed E-state index contributed by atoms with van der Waals surface area (Å²) >= 11 is 4.93. The molecule has 4 aromatic heterocycles. The van der Waals surface area contributed by atoms with Crippen LogP contribution in [0.4, 0.5) is 5.69 Å². The number of hydrogen-bond acceptors (Lipinski definition) is 7. The van der Waals surface area contributed by atoms with E-state index < -0.39 is 0 Å². The molecule has 0 bridgehead atoms. The predicted molar refractivity (Wildman–Crippen MR) is 174 cm³/mol. The number of hydrogen-bond donors (Lipinski definition) is 0. The van der Waals surface area contributed by atoms with Crippen LogP contribution in [0, 0.1) is 0 Å². The van der Waals surface area contributed by atoms with Crippen molar-refractivity contribution in [2.75, 3.05) is 44.8 Å². The van der Waals surface area contributed by atoms with Crippen molar-refractivity contribution in [3.05, 3.63) is 60.2 Å². The van der Waals surface area contributed by atoms with Crippen LogP contribution in [0.5, 0.6) is 11.5 Å². The molecule has 9 nitrogen and oxygen atoms in total. The Kier molecular flexibility index (Phi) is 8.60. The number of fused-ring (bicyclic) bond motifs is 2. The van der Waals surface area contributed by atoms with Gasteiger partial charge in [0, 0.05) is 59.9 Å². The molecule has 11 heteroatoms. The van der Waals surface area contributed by atoms with Gasteiger partial charge >= 0.3 is 0 Å². The number of halogens is 1. The molecule has 0 amide bonds. The summed E-state index contributed by atoms with van der Waals surface area (Å²) in [6.45, 7) is 1.71. The zero-order valence-corrected chi connectivity index (χ0v) is 26.9. The molecule has 6 rings (SSSR count). The van der Waals surface area contributed by atoms with Gasteiger partial charge in [-0.1, -0.05) is 15.9 Å². The second kappa shape index (κ2) is 12.5. The van der Waals surface area contributed by atoms with E-state index in [4.69, 9.17) is 29.2 Å². The van der Waals surface area contributed by atoms with Crippen LogP contribution < -0.4 is 14.4 Å². The Hall–Kier alpha value is -3.28. The smallest absolute Gasteiger partial charge is 0.164 e. The van der Waals surface area contributed by atoms with Crippen LogP contribution in [0.15, 0.2) is 49.1 Å². The maximum atomic E-state index is 5.98. The topological polar surface area (TPSA) is 79.5 Å². The number of alkyl halides is 1. The van der Waals surface area contributed by atoms with Crippen molar-refractivity contribution < 1.29 is 14.2 Å². The molecule has 0 unspecified atom stereocenters. The van der Waals surface area contributed by atoms with E-state index in [1.54, 1.807) is 14.2 Å². The number of nitrogens with zero attached hydrogens (tertiary/aromatic N) is 6. The first-order chi connectivity index (χ1) is 20.5. The van der Waals surface area contributed by atoms with Crippen LogP contribution in [0.3, 0.4) is 0 Å². The van der Waals surface area contributed by atoms with Crippen molar-refractivity contribution in [3.63, 3.8) is 0 Å². The van der Waals surface area contributed by atoms with Crippen LogP contribution in [-0.4, -0.2) is 64.0 Å². The fourth-order valence-electron chi connectivity index (χ4n) is 5.27. The molecule has 0 saturated heterocycles. The fourth-order valence-corrected chi connectivity index (χ4v) is 5.88. The van der Waals surface area contributed by atoms with Crippen molar-refractivity contribution in [2.45, 2.75) is 37.5 Å². The van der Waals surface area contributed by atoms with E-state index >= 15 is 0 Å². The molecule has 5 aromatic rings. The van der Waals surface area contributed by atoms with Gasteiger partial charge in [0.1, 0.15) is 35.1 Å². The molecule has 0 aliphatic heterocycles. The summed E-state index contributed by atoms with van der Waals surface area (Å²) < 4.78 is 21.4. The number of aromatic nitrogens is 5. The lowest BCUT2D eigenvalue weighted by molar-refractivity contribution is 0.0922. The molecule has 42 heavy (non-hydrogen) atoms. The average molecular weight is 653 g/mol. The normalized spacial score (nSPS) is 13.3. The van der Waals surface area contributed by atoms with Crippen molar-refractivity contribution in [1.82, 2.24) is 24.1 Å². The largest absolute Gasteiger partial charge is 0.497 e. The van der Waals surface area contributed by atoms with Gasteiger partial charge < -0.3 is 23.7 Å². The Morgan fingerprint density at radius 3 is 2.69 bits per heavy atom. The first kappa shape index (κ1) is 28.8. The van der Waals surface area contributed by atoms with E-state index in [1.807, 2.05) is 35.3 Å². The quantitative estimate of drug-likeness (QED) is 0.0694. The van der Waals surface area contributed by atoms with Crippen LogP contribution in [0.25, 0.3) is 33.5 Å². The number of methoxy groups -OCH3 is 2. The molecular weight excluding hydrogens is 616 g/mol. The Balaban J connectivity index is 1.47. The second-order valence-corrected chi connectivity index (χ2v) is 12.2. The summed E-state index contributed by atoms with van der Waals surface area (Å²) in [7, 11) is 5.43. The Morgan fingerprint density at radius 2 is 1.95 bits per heavy atom. The highest BCUT2D eigenvalue weighted by atomic mass is 79.9. The van der Waals surface area contributed by atoms with Gasteiger partial charge in [0.05, 0.1) is 44.8 Å². The van der Waals surface area contributed by atoms with Gasteiger partial charge in [-0.15, -0.1) is 0 Å². The number of thiol groups is 1. The van der Waals surface area contributed by atoms with E-state index in [2.05, 4.69) is 57.0 Å². The highest BCUT2D eigenvalue weighted by Crippen LogP contribution is 2.42. The number of rotatable bonds is 13. The maximum absolute atomic E-state index is 5.98. The SMILES string of the molecule is COc1ccc(CN(C)c2cc(-c3cn(C4CC4)c4ncc(CBr)cc34)nc3c2ncn3COCC[SH+]C)c(OC)c1. The minimum Gasteiger partial charge on any atom is -0.497 e. The van der Waals surface area contributed by atoms with Crippen molar-refractivity contribution >= 4 is 55.6 Å². The highest BCUT2D eigenvalue weighted by molar-refractivity contribution is 9.08. The summed E-state index contributed by atoms with van der Waals surface area (Å²) in [6.07, 6.45) is 10.5. The minimum absolute atomic E-state index is 0.400. The van der Waals surface area contributed by atoms with Crippen LogP contribution in [0.2, 0.25) is 0 Å². The van der Waals surface area contributed by atoms with Crippen molar-refractivity contribution in [2.24, 2.45) is 0 Å². The van der Waals surface area contributed by atoms with Gasteiger partial charge in [-0.25, -0.2) is 15.0 Å². The van der Waals surface area contributed by atoms with E-state index in [9.17, 15) is 0 Å². The molecule has 1 aliphatic carbocycles. The summed E-state index contributed by atoms with van der Waals surface area (Å²) in [5.74, 6) is 2.53. The summed E-state index contributed by atoms with van der Waals surface area (Å²) in [5.41, 5.74) is 7.75. The second-order valence-electron chi connectivity index (χ2n) is 10.6. The number of ether oxygens (including phenoxy) is 3. The van der Waals surface area contributed by atoms with E-state index in [-0.39, 0.29) is 0 Å². The van der Waals surface area contributed by atoms with Gasteiger partial charge in [0.2, 0.25) is 0 Å². The summed E-state index contributed by atoms with van der Waals surface area (Å²) in [6, 6.07) is 10.8. The molecule has 0 atom stereocenters. The third-order valence-electron chi connectivity index (χ3n) is 7.65. The monoisotopic (exact) mass is 651 g/mol. The number of imidazole rings is 1. The zero-order chi connectivity index (χ0) is 29.2. The lowest BCUT2D eigenvalue weighted by Crippen LogP contribution is -2.18.